The molecule has 1 atom stereocenters. The molecule has 13 heavy (non-hydrogen) atoms. The van der Waals surface area contributed by atoms with E-state index in [0.717, 1.165) is 0 Å². The number of nitrogens with two attached hydrogens (primary N) is 1. The van der Waals surface area contributed by atoms with E-state index >= 15 is 0 Å². The molecule has 1 aromatic carbocycles. The molecule has 0 saturated heterocycles. The van der Waals surface area contributed by atoms with Crippen molar-refractivity contribution < 1.29 is 13.2 Å². The van der Waals surface area contributed by atoms with Gasteiger partial charge in [-0.1, -0.05) is 12.1 Å². The van der Waals surface area contributed by atoms with Gasteiger partial charge in [-0.15, -0.1) is 0 Å². The van der Waals surface area contributed by atoms with Crippen LogP contribution in [0.1, 0.15) is 17.2 Å². The van der Waals surface area contributed by atoms with Crippen molar-refractivity contribution in [2.45, 2.75) is 13.0 Å². The minimum absolute atomic E-state index is 0.120. The van der Waals surface area contributed by atoms with Gasteiger partial charge in [0.2, 0.25) is 0 Å². The summed E-state index contributed by atoms with van der Waals surface area (Å²) in [6.45, 7) is 0.530. The van der Waals surface area contributed by atoms with E-state index in [0.29, 0.717) is 0 Å². The van der Waals surface area contributed by atoms with Crippen LogP contribution in [0.15, 0.2) is 12.1 Å². The van der Waals surface area contributed by atoms with Crippen LogP contribution in [0.4, 0.5) is 13.2 Å². The summed E-state index contributed by atoms with van der Waals surface area (Å²) >= 11 is 0. The van der Waals surface area contributed by atoms with E-state index in [-0.39, 0.29) is 11.1 Å². The fourth-order valence-electron chi connectivity index (χ4n) is 1.03. The molecule has 0 aliphatic heterocycles. The first-order chi connectivity index (χ1) is 6.07. The van der Waals surface area contributed by atoms with Crippen molar-refractivity contribution in [3.8, 4) is 0 Å². The zero-order chi connectivity index (χ0) is 10.0. The Hall–Kier alpha value is -1.03. The van der Waals surface area contributed by atoms with Crippen molar-refractivity contribution in [2.75, 3.05) is 6.67 Å². The van der Waals surface area contributed by atoms with Gasteiger partial charge in [-0.25, -0.2) is 13.2 Å². The first kappa shape index (κ1) is 10.1. The molecule has 1 aromatic rings. The van der Waals surface area contributed by atoms with Gasteiger partial charge in [0.1, 0.15) is 6.67 Å². The molecule has 0 aliphatic rings. The molecule has 0 bridgehead atoms. The van der Waals surface area contributed by atoms with E-state index in [1.807, 2.05) is 0 Å². The van der Waals surface area contributed by atoms with Crippen molar-refractivity contribution in [3.05, 3.63) is 34.9 Å². The summed E-state index contributed by atoms with van der Waals surface area (Å²) in [6.07, 6.45) is 0. The van der Waals surface area contributed by atoms with E-state index in [4.69, 9.17) is 5.73 Å². The Morgan fingerprint density at radius 2 is 1.92 bits per heavy atom. The Morgan fingerprint density at radius 1 is 1.31 bits per heavy atom. The number of alkyl halides is 1. The van der Waals surface area contributed by atoms with Gasteiger partial charge in [0, 0.05) is 5.56 Å². The third kappa shape index (κ3) is 1.83. The highest BCUT2D eigenvalue weighted by Crippen LogP contribution is 2.20. The summed E-state index contributed by atoms with van der Waals surface area (Å²) in [5.74, 6) is -2.01. The van der Waals surface area contributed by atoms with E-state index in [1.165, 1.54) is 19.1 Å². The minimum Gasteiger partial charge on any atom is -0.322 e. The predicted molar refractivity (Wildman–Crippen MR) is 44.0 cm³/mol. The van der Waals surface area contributed by atoms with Gasteiger partial charge >= 0.3 is 0 Å². The Kier molecular flexibility index (Phi) is 2.93. The first-order valence-corrected chi connectivity index (χ1v) is 3.84. The second-order valence-corrected chi connectivity index (χ2v) is 2.86. The Bertz CT molecular complexity index is 312. The van der Waals surface area contributed by atoms with Crippen LogP contribution in [-0.4, -0.2) is 6.67 Å². The van der Waals surface area contributed by atoms with Crippen LogP contribution in [0.25, 0.3) is 0 Å². The molecule has 1 nitrogen and oxygen atoms in total. The fourth-order valence-corrected chi connectivity index (χ4v) is 1.03. The lowest BCUT2D eigenvalue weighted by Crippen LogP contribution is -2.15. The molecule has 0 radical (unpaired) electrons. The summed E-state index contributed by atoms with van der Waals surface area (Å²) < 4.78 is 38.1. The van der Waals surface area contributed by atoms with Crippen LogP contribution >= 0.6 is 0 Å². The summed E-state index contributed by atoms with van der Waals surface area (Å²) in [4.78, 5) is 0. The lowest BCUT2D eigenvalue weighted by molar-refractivity contribution is 0.416. The number of aryl methyl sites for hydroxylation is 1. The largest absolute Gasteiger partial charge is 0.322 e. The van der Waals surface area contributed by atoms with Crippen molar-refractivity contribution in [1.82, 2.24) is 0 Å². The zero-order valence-electron chi connectivity index (χ0n) is 7.15. The van der Waals surface area contributed by atoms with Gasteiger partial charge in [-0.2, -0.15) is 0 Å². The van der Waals surface area contributed by atoms with Crippen LogP contribution < -0.4 is 5.73 Å². The maximum Gasteiger partial charge on any atom is 0.163 e. The molecule has 0 spiro atoms. The van der Waals surface area contributed by atoms with E-state index in [2.05, 4.69) is 0 Å². The molecule has 0 aliphatic carbocycles. The van der Waals surface area contributed by atoms with Crippen molar-refractivity contribution >= 4 is 0 Å². The quantitative estimate of drug-likeness (QED) is 0.758. The van der Waals surface area contributed by atoms with Gasteiger partial charge < -0.3 is 5.73 Å². The molecule has 1 rings (SSSR count). The van der Waals surface area contributed by atoms with Gasteiger partial charge in [0.25, 0.3) is 0 Å². The maximum absolute atomic E-state index is 13.1. The summed E-state index contributed by atoms with van der Waals surface area (Å²) in [6, 6.07) is 1.59. The number of hydrogen-bond donors (Lipinski definition) is 1. The zero-order valence-corrected chi connectivity index (χ0v) is 7.15. The molecule has 72 valence electrons. The van der Waals surface area contributed by atoms with Crippen molar-refractivity contribution in [1.29, 1.82) is 0 Å². The SMILES string of the molecule is Cc1ccc(C(N)CF)c(F)c1F. The highest BCUT2D eigenvalue weighted by atomic mass is 19.2. The van der Waals surface area contributed by atoms with Crippen molar-refractivity contribution in [2.24, 2.45) is 5.73 Å². The Morgan fingerprint density at radius 3 is 2.46 bits per heavy atom. The highest BCUT2D eigenvalue weighted by molar-refractivity contribution is 5.27. The van der Waals surface area contributed by atoms with Crippen molar-refractivity contribution in [3.63, 3.8) is 0 Å². The number of rotatable bonds is 2. The van der Waals surface area contributed by atoms with Crippen LogP contribution in [0, 0.1) is 18.6 Å². The smallest absolute Gasteiger partial charge is 0.163 e. The van der Waals surface area contributed by atoms with Gasteiger partial charge in [-0.05, 0) is 12.5 Å². The average molecular weight is 189 g/mol. The highest BCUT2D eigenvalue weighted by Gasteiger charge is 2.15. The molecule has 0 fully saturated rings. The molecule has 0 aromatic heterocycles. The third-order valence-corrected chi connectivity index (χ3v) is 1.87. The summed E-state index contributed by atoms with van der Waals surface area (Å²) in [5, 5.41) is 0. The number of hydrogen-bond acceptors (Lipinski definition) is 1. The molecule has 0 saturated carbocycles. The minimum atomic E-state index is -1.09. The second kappa shape index (κ2) is 3.79. The molecular formula is C9H10F3N. The van der Waals surface area contributed by atoms with Crippen LogP contribution in [0.3, 0.4) is 0 Å². The normalized spacial score (nSPS) is 13.0. The lowest BCUT2D eigenvalue weighted by atomic mass is 10.1. The average Bonchev–Trinajstić information content (AvgIpc) is 2.13. The van der Waals surface area contributed by atoms with E-state index in [1.54, 1.807) is 0 Å². The molecular weight excluding hydrogens is 179 g/mol. The first-order valence-electron chi connectivity index (χ1n) is 3.84. The van der Waals surface area contributed by atoms with Crippen LogP contribution in [-0.2, 0) is 0 Å². The summed E-state index contributed by atoms with van der Waals surface area (Å²) in [5.41, 5.74) is 5.30. The lowest BCUT2D eigenvalue weighted by Gasteiger charge is -2.09. The second-order valence-electron chi connectivity index (χ2n) is 2.86. The van der Waals surface area contributed by atoms with E-state index < -0.39 is 24.4 Å². The van der Waals surface area contributed by atoms with Crippen LogP contribution in [0.5, 0.6) is 0 Å². The third-order valence-electron chi connectivity index (χ3n) is 1.87. The summed E-state index contributed by atoms with van der Waals surface area (Å²) in [7, 11) is 0. The monoisotopic (exact) mass is 189 g/mol. The topological polar surface area (TPSA) is 26.0 Å². The number of halogens is 3. The van der Waals surface area contributed by atoms with Gasteiger partial charge in [0.05, 0.1) is 6.04 Å². The molecule has 0 heterocycles. The molecule has 0 amide bonds. The molecule has 2 N–H and O–H groups in total. The number of benzene rings is 1. The van der Waals surface area contributed by atoms with E-state index in [9.17, 15) is 13.2 Å². The van der Waals surface area contributed by atoms with Gasteiger partial charge in [-0.3, -0.25) is 0 Å². The standard InChI is InChI=1S/C9H10F3N/c1-5-2-3-6(7(13)4-10)9(12)8(5)11/h2-3,7H,4,13H2,1H3. The fraction of sp³-hybridized carbons (Fsp3) is 0.333. The molecule has 4 heteroatoms. The Labute approximate surface area is 74.4 Å². The Balaban J connectivity index is 3.18. The molecule has 1 unspecified atom stereocenters. The predicted octanol–water partition coefficient (Wildman–Crippen LogP) is 2.24. The van der Waals surface area contributed by atoms with Gasteiger partial charge in [0.15, 0.2) is 11.6 Å². The van der Waals surface area contributed by atoms with Crippen LogP contribution in [0.2, 0.25) is 0 Å². The maximum atomic E-state index is 13.1.